The van der Waals surface area contributed by atoms with Crippen LogP contribution < -0.4 is 5.73 Å². The maximum absolute atomic E-state index is 5.75. The van der Waals surface area contributed by atoms with Gasteiger partial charge in [-0.05, 0) is 37.5 Å². The van der Waals surface area contributed by atoms with Crippen molar-refractivity contribution < 1.29 is 0 Å². The van der Waals surface area contributed by atoms with Crippen LogP contribution in [0.25, 0.3) is 11.0 Å². The smallest absolute Gasteiger partial charge is 0.142 e. The number of anilines is 1. The molecule has 0 aliphatic rings. The van der Waals surface area contributed by atoms with Gasteiger partial charge in [0.05, 0.1) is 0 Å². The summed E-state index contributed by atoms with van der Waals surface area (Å²) in [5.74, 6) is 1.09. The van der Waals surface area contributed by atoms with E-state index in [4.69, 9.17) is 5.73 Å². The molecule has 0 fully saturated rings. The molecule has 0 saturated carbocycles. The number of rotatable bonds is 2. The van der Waals surface area contributed by atoms with Gasteiger partial charge in [-0.3, -0.25) is 0 Å². The van der Waals surface area contributed by atoms with Crippen LogP contribution in [0.3, 0.4) is 0 Å². The first kappa shape index (κ1) is 13.8. The second-order valence-corrected chi connectivity index (χ2v) is 4.85. The summed E-state index contributed by atoms with van der Waals surface area (Å²) in [6, 6.07) is 4.36. The average Bonchev–Trinajstić information content (AvgIpc) is 2.56. The minimum absolute atomic E-state index is 0. The molecule has 0 saturated heterocycles. The van der Waals surface area contributed by atoms with Gasteiger partial charge < -0.3 is 10.3 Å². The van der Waals surface area contributed by atoms with Crippen LogP contribution >= 0.6 is 12.4 Å². The number of nitrogen functional groups attached to an aromatic ring is 1. The summed E-state index contributed by atoms with van der Waals surface area (Å²) in [5, 5.41) is 1.22. The molecule has 4 heteroatoms. The van der Waals surface area contributed by atoms with Crippen molar-refractivity contribution in [2.45, 2.75) is 39.7 Å². The molecule has 2 aromatic rings. The zero-order valence-corrected chi connectivity index (χ0v) is 11.6. The molecule has 0 radical (unpaired) electrons. The fourth-order valence-corrected chi connectivity index (χ4v) is 2.02. The van der Waals surface area contributed by atoms with E-state index in [2.05, 4.69) is 49.5 Å². The Bertz CT molecular complexity index is 515. The molecule has 17 heavy (non-hydrogen) atoms. The zero-order chi connectivity index (χ0) is 11.9. The third-order valence-electron chi connectivity index (χ3n) is 2.91. The van der Waals surface area contributed by atoms with E-state index in [0.717, 1.165) is 5.65 Å². The number of aromatic nitrogens is 2. The van der Waals surface area contributed by atoms with Gasteiger partial charge in [0.15, 0.2) is 0 Å². The normalized spacial score (nSPS) is 11.2. The highest BCUT2D eigenvalue weighted by molar-refractivity contribution is 5.85. The summed E-state index contributed by atoms with van der Waals surface area (Å²) in [4.78, 5) is 4.44. The van der Waals surface area contributed by atoms with Gasteiger partial charge in [-0.2, -0.15) is 0 Å². The highest BCUT2D eigenvalue weighted by atomic mass is 35.5. The Morgan fingerprint density at radius 2 is 1.82 bits per heavy atom. The van der Waals surface area contributed by atoms with E-state index in [-0.39, 0.29) is 12.4 Å². The molecular weight excluding hydrogens is 234 g/mol. The lowest BCUT2D eigenvalue weighted by molar-refractivity contribution is 0.615. The molecule has 2 rings (SSSR count). The summed E-state index contributed by atoms with van der Waals surface area (Å²) in [6.45, 7) is 8.73. The van der Waals surface area contributed by atoms with Crippen molar-refractivity contribution >= 4 is 29.3 Å². The van der Waals surface area contributed by atoms with Crippen LogP contribution in [0, 0.1) is 0 Å². The van der Waals surface area contributed by atoms with E-state index in [0.29, 0.717) is 17.8 Å². The lowest BCUT2D eigenvalue weighted by atomic mass is 10.0. The number of hydrogen-bond acceptors (Lipinski definition) is 2. The summed E-state index contributed by atoms with van der Waals surface area (Å²) >= 11 is 0. The Labute approximate surface area is 108 Å². The maximum Gasteiger partial charge on any atom is 0.142 e. The molecular formula is C13H20ClN3. The van der Waals surface area contributed by atoms with Crippen molar-refractivity contribution in [2.24, 2.45) is 0 Å². The summed E-state index contributed by atoms with van der Waals surface area (Å²) in [7, 11) is 0. The van der Waals surface area contributed by atoms with Crippen LogP contribution in [0.1, 0.15) is 45.2 Å². The molecule has 2 aromatic heterocycles. The van der Waals surface area contributed by atoms with Gasteiger partial charge in [0.25, 0.3) is 0 Å². The first-order valence-electron chi connectivity index (χ1n) is 5.77. The Morgan fingerprint density at radius 1 is 1.18 bits per heavy atom. The van der Waals surface area contributed by atoms with Gasteiger partial charge >= 0.3 is 0 Å². The van der Waals surface area contributed by atoms with Crippen LogP contribution in [0.15, 0.2) is 18.3 Å². The van der Waals surface area contributed by atoms with Crippen LogP contribution in [0.2, 0.25) is 0 Å². The van der Waals surface area contributed by atoms with E-state index in [9.17, 15) is 0 Å². The number of halogens is 1. The molecule has 0 amide bonds. The highest BCUT2D eigenvalue weighted by Gasteiger charge is 2.13. The van der Waals surface area contributed by atoms with Gasteiger partial charge in [-0.1, -0.05) is 13.8 Å². The summed E-state index contributed by atoms with van der Waals surface area (Å²) in [6.07, 6.45) is 2.20. The zero-order valence-electron chi connectivity index (χ0n) is 10.8. The third-order valence-corrected chi connectivity index (χ3v) is 2.91. The Morgan fingerprint density at radius 3 is 2.35 bits per heavy atom. The molecule has 2 N–H and O–H groups in total. The Balaban J connectivity index is 0.00000144. The van der Waals surface area contributed by atoms with E-state index >= 15 is 0 Å². The van der Waals surface area contributed by atoms with Crippen molar-refractivity contribution in [1.29, 1.82) is 0 Å². The van der Waals surface area contributed by atoms with Gasteiger partial charge in [0, 0.05) is 17.6 Å². The Hall–Kier alpha value is -1.22. The van der Waals surface area contributed by atoms with E-state index < -0.39 is 0 Å². The van der Waals surface area contributed by atoms with Crippen molar-refractivity contribution in [3.8, 4) is 0 Å². The maximum atomic E-state index is 5.75. The molecule has 94 valence electrons. The minimum Gasteiger partial charge on any atom is -0.384 e. The first-order valence-corrected chi connectivity index (χ1v) is 5.77. The molecule has 0 unspecified atom stereocenters. The van der Waals surface area contributed by atoms with E-state index in [1.807, 2.05) is 6.07 Å². The van der Waals surface area contributed by atoms with Crippen molar-refractivity contribution in [2.75, 3.05) is 5.73 Å². The van der Waals surface area contributed by atoms with Gasteiger partial charge in [0.1, 0.15) is 11.5 Å². The number of nitrogens with two attached hydrogens (primary N) is 1. The average molecular weight is 254 g/mol. The van der Waals surface area contributed by atoms with Crippen LogP contribution in [-0.2, 0) is 0 Å². The Kier molecular flexibility index (Phi) is 4.04. The molecule has 0 spiro atoms. The molecule has 0 aromatic carbocycles. The second kappa shape index (κ2) is 4.96. The lowest BCUT2D eigenvalue weighted by Gasteiger charge is -2.08. The quantitative estimate of drug-likeness (QED) is 0.886. The minimum atomic E-state index is 0. The standard InChI is InChI=1S/C13H19N3.ClH/c1-8(2)11-7-16(9(3)4)13-10(11)5-6-12(14)15-13;/h5-9H,1-4H3,(H2,14,15);1H. The molecule has 0 bridgehead atoms. The van der Waals surface area contributed by atoms with Crippen molar-refractivity contribution in [1.82, 2.24) is 9.55 Å². The molecule has 0 atom stereocenters. The van der Waals surface area contributed by atoms with E-state index in [1.54, 1.807) is 0 Å². The van der Waals surface area contributed by atoms with Crippen molar-refractivity contribution in [3.05, 3.63) is 23.9 Å². The van der Waals surface area contributed by atoms with Crippen molar-refractivity contribution in [3.63, 3.8) is 0 Å². The summed E-state index contributed by atoms with van der Waals surface area (Å²) < 4.78 is 2.20. The second-order valence-electron chi connectivity index (χ2n) is 4.85. The third kappa shape index (κ3) is 2.39. The van der Waals surface area contributed by atoms with Crippen LogP contribution in [-0.4, -0.2) is 9.55 Å². The number of fused-ring (bicyclic) bond motifs is 1. The number of hydrogen-bond donors (Lipinski definition) is 1. The summed E-state index contributed by atoms with van der Waals surface area (Å²) in [5.41, 5.74) is 8.10. The lowest BCUT2D eigenvalue weighted by Crippen LogP contribution is -2.00. The number of nitrogens with zero attached hydrogens (tertiary/aromatic N) is 2. The SMILES string of the molecule is CC(C)c1cn(C(C)C)c2nc(N)ccc12.Cl. The van der Waals surface area contributed by atoms with Gasteiger partial charge in [-0.15, -0.1) is 12.4 Å². The largest absolute Gasteiger partial charge is 0.384 e. The molecule has 3 nitrogen and oxygen atoms in total. The molecule has 0 aliphatic heterocycles. The fraction of sp³-hybridized carbons (Fsp3) is 0.462. The first-order chi connectivity index (χ1) is 7.50. The monoisotopic (exact) mass is 253 g/mol. The molecule has 0 aliphatic carbocycles. The van der Waals surface area contributed by atoms with Crippen LogP contribution in [0.4, 0.5) is 5.82 Å². The molecule has 2 heterocycles. The van der Waals surface area contributed by atoms with Gasteiger partial charge in [-0.25, -0.2) is 4.98 Å². The predicted molar refractivity (Wildman–Crippen MR) is 75.9 cm³/mol. The topological polar surface area (TPSA) is 43.8 Å². The van der Waals surface area contributed by atoms with Crippen LogP contribution in [0.5, 0.6) is 0 Å². The van der Waals surface area contributed by atoms with Gasteiger partial charge in [0.2, 0.25) is 0 Å². The number of pyridine rings is 1. The van der Waals surface area contributed by atoms with E-state index in [1.165, 1.54) is 10.9 Å². The predicted octanol–water partition coefficient (Wildman–Crippen LogP) is 3.74. The highest BCUT2D eigenvalue weighted by Crippen LogP contribution is 2.29. The fourth-order valence-electron chi connectivity index (χ4n) is 2.02.